The fourth-order valence-electron chi connectivity index (χ4n) is 1.69. The molecule has 76 valence electrons. The minimum atomic E-state index is -0.873. The molecular formula is C10H14N2O2. The van der Waals surface area contributed by atoms with Gasteiger partial charge in [-0.1, -0.05) is 12.8 Å². The highest BCUT2D eigenvalue weighted by Gasteiger charge is 2.23. The average molecular weight is 194 g/mol. The molecule has 1 aromatic heterocycles. The molecule has 0 aliphatic heterocycles. The molecule has 0 bridgehead atoms. The zero-order chi connectivity index (χ0) is 10.1. The van der Waals surface area contributed by atoms with Crippen molar-refractivity contribution in [3.8, 4) is 0 Å². The van der Waals surface area contributed by atoms with Gasteiger partial charge in [-0.05, 0) is 25.7 Å². The number of rotatable bonds is 4. The maximum atomic E-state index is 10.9. The van der Waals surface area contributed by atoms with Crippen LogP contribution in [-0.4, -0.2) is 21.3 Å². The fraction of sp³-hybridized carbons (Fsp3) is 0.600. The minimum absolute atomic E-state index is 0.366. The quantitative estimate of drug-likeness (QED) is 0.767. The molecule has 1 aromatic rings. The lowest BCUT2D eigenvalue weighted by Crippen LogP contribution is -2.02. The normalized spacial score (nSPS) is 15.8. The Morgan fingerprint density at radius 2 is 2.36 bits per heavy atom. The highest BCUT2D eigenvalue weighted by molar-refractivity contribution is 5.90. The molecular weight excluding hydrogens is 180 g/mol. The Morgan fingerprint density at radius 3 is 2.93 bits per heavy atom. The number of H-pyrrole nitrogens is 1. The van der Waals surface area contributed by atoms with Gasteiger partial charge in [0, 0.05) is 5.69 Å². The van der Waals surface area contributed by atoms with Gasteiger partial charge in [-0.15, -0.1) is 0 Å². The van der Waals surface area contributed by atoms with Crippen molar-refractivity contribution in [2.24, 2.45) is 5.92 Å². The summed E-state index contributed by atoms with van der Waals surface area (Å²) in [6, 6.07) is 0. The molecule has 0 radical (unpaired) electrons. The van der Waals surface area contributed by atoms with E-state index in [2.05, 4.69) is 10.2 Å². The van der Waals surface area contributed by atoms with Gasteiger partial charge in [-0.2, -0.15) is 5.10 Å². The lowest BCUT2D eigenvalue weighted by Gasteiger charge is -1.97. The first-order chi connectivity index (χ1) is 6.68. The van der Waals surface area contributed by atoms with Crippen molar-refractivity contribution in [3.63, 3.8) is 0 Å². The summed E-state index contributed by atoms with van der Waals surface area (Å²) in [5.41, 5.74) is 1.73. The van der Waals surface area contributed by atoms with E-state index in [4.69, 9.17) is 5.11 Å². The van der Waals surface area contributed by atoms with Gasteiger partial charge in [0.05, 0.1) is 5.69 Å². The molecule has 2 rings (SSSR count). The fourth-order valence-corrected chi connectivity index (χ4v) is 1.69. The van der Waals surface area contributed by atoms with Crippen LogP contribution in [0.5, 0.6) is 0 Å². The molecule has 1 heterocycles. The van der Waals surface area contributed by atoms with Crippen LogP contribution in [0.4, 0.5) is 0 Å². The Balaban J connectivity index is 2.10. The van der Waals surface area contributed by atoms with Crippen LogP contribution in [0.3, 0.4) is 0 Å². The largest absolute Gasteiger partial charge is 0.478 e. The number of carbonyl (C=O) groups is 1. The highest BCUT2D eigenvalue weighted by atomic mass is 16.4. The molecule has 1 aliphatic carbocycles. The van der Waals surface area contributed by atoms with E-state index in [1.807, 2.05) is 0 Å². The maximum Gasteiger partial charge on any atom is 0.339 e. The third-order valence-electron chi connectivity index (χ3n) is 2.72. The van der Waals surface area contributed by atoms with Crippen molar-refractivity contribution >= 4 is 5.97 Å². The lowest BCUT2D eigenvalue weighted by molar-refractivity contribution is 0.0695. The second-order valence-corrected chi connectivity index (χ2v) is 3.96. The molecule has 4 nitrogen and oxygen atoms in total. The van der Waals surface area contributed by atoms with Gasteiger partial charge in [0.2, 0.25) is 0 Å². The van der Waals surface area contributed by atoms with Gasteiger partial charge >= 0.3 is 5.97 Å². The van der Waals surface area contributed by atoms with Gasteiger partial charge in [-0.25, -0.2) is 4.79 Å². The van der Waals surface area contributed by atoms with Gasteiger partial charge in [0.15, 0.2) is 0 Å². The summed E-state index contributed by atoms with van der Waals surface area (Å²) in [5.74, 6) is -0.0595. The summed E-state index contributed by atoms with van der Waals surface area (Å²) in [6.45, 7) is 1.75. The number of hydrogen-bond donors (Lipinski definition) is 2. The number of aromatic nitrogens is 2. The van der Waals surface area contributed by atoms with E-state index >= 15 is 0 Å². The predicted molar refractivity (Wildman–Crippen MR) is 51.3 cm³/mol. The predicted octanol–water partition coefficient (Wildman–Crippen LogP) is 1.76. The van der Waals surface area contributed by atoms with Crippen LogP contribution >= 0.6 is 0 Å². The molecule has 0 unspecified atom stereocenters. The highest BCUT2D eigenvalue weighted by Crippen LogP contribution is 2.33. The number of aromatic carboxylic acids is 1. The molecule has 0 aromatic carbocycles. The van der Waals surface area contributed by atoms with E-state index in [-0.39, 0.29) is 0 Å². The molecule has 1 fully saturated rings. The Hall–Kier alpha value is -1.32. The Kier molecular flexibility index (Phi) is 2.27. The summed E-state index contributed by atoms with van der Waals surface area (Å²) in [5, 5.41) is 15.7. The number of aryl methyl sites for hydroxylation is 2. The smallest absolute Gasteiger partial charge is 0.339 e. The number of carboxylic acid groups (broad SMARTS) is 1. The molecule has 2 N–H and O–H groups in total. The number of carboxylic acids is 1. The SMILES string of the molecule is Cc1[nH]nc(CCC2CC2)c1C(=O)O. The molecule has 1 aliphatic rings. The summed E-state index contributed by atoms with van der Waals surface area (Å²) in [4.78, 5) is 10.9. The summed E-state index contributed by atoms with van der Waals surface area (Å²) >= 11 is 0. The van der Waals surface area contributed by atoms with Crippen molar-refractivity contribution in [2.75, 3.05) is 0 Å². The van der Waals surface area contributed by atoms with E-state index in [1.54, 1.807) is 6.92 Å². The van der Waals surface area contributed by atoms with Crippen LogP contribution in [0.25, 0.3) is 0 Å². The summed E-state index contributed by atoms with van der Waals surface area (Å²) in [7, 11) is 0. The van der Waals surface area contributed by atoms with Crippen molar-refractivity contribution in [3.05, 3.63) is 17.0 Å². The van der Waals surface area contributed by atoms with Crippen molar-refractivity contribution in [1.82, 2.24) is 10.2 Å². The van der Waals surface area contributed by atoms with Crippen LogP contribution in [0.15, 0.2) is 0 Å². The number of nitrogens with zero attached hydrogens (tertiary/aromatic N) is 1. The van der Waals surface area contributed by atoms with Crippen LogP contribution in [0.1, 0.15) is 41.0 Å². The summed E-state index contributed by atoms with van der Waals surface area (Å²) in [6.07, 6.45) is 4.46. The van der Waals surface area contributed by atoms with Crippen LogP contribution < -0.4 is 0 Å². The van der Waals surface area contributed by atoms with Crippen LogP contribution in [0, 0.1) is 12.8 Å². The van der Waals surface area contributed by atoms with Crippen LogP contribution in [0.2, 0.25) is 0 Å². The molecule has 0 atom stereocenters. The molecule has 0 saturated heterocycles. The van der Waals surface area contributed by atoms with Gasteiger partial charge < -0.3 is 5.11 Å². The third kappa shape index (κ3) is 1.78. The number of hydrogen-bond acceptors (Lipinski definition) is 2. The monoisotopic (exact) mass is 194 g/mol. The molecule has 0 spiro atoms. The van der Waals surface area contributed by atoms with E-state index in [0.717, 1.165) is 18.8 Å². The maximum absolute atomic E-state index is 10.9. The van der Waals surface area contributed by atoms with Crippen LogP contribution in [-0.2, 0) is 6.42 Å². The standard InChI is InChI=1S/C10H14N2O2/c1-6-9(10(13)14)8(12-11-6)5-4-7-2-3-7/h7H,2-5H2,1H3,(H,11,12)(H,13,14). The zero-order valence-electron chi connectivity index (χ0n) is 8.21. The topological polar surface area (TPSA) is 66.0 Å². The van der Waals surface area contributed by atoms with E-state index in [9.17, 15) is 4.79 Å². The first kappa shape index (κ1) is 9.24. The second kappa shape index (κ2) is 3.44. The Labute approximate surface area is 82.3 Å². The molecule has 1 saturated carbocycles. The first-order valence-corrected chi connectivity index (χ1v) is 4.95. The van der Waals surface area contributed by atoms with E-state index in [1.165, 1.54) is 12.8 Å². The van der Waals surface area contributed by atoms with Gasteiger partial charge in [0.1, 0.15) is 5.56 Å². The molecule has 0 amide bonds. The van der Waals surface area contributed by atoms with Crippen molar-refractivity contribution < 1.29 is 9.90 Å². The second-order valence-electron chi connectivity index (χ2n) is 3.96. The number of aromatic amines is 1. The Morgan fingerprint density at radius 1 is 1.64 bits per heavy atom. The van der Waals surface area contributed by atoms with E-state index < -0.39 is 5.97 Å². The van der Waals surface area contributed by atoms with E-state index in [0.29, 0.717) is 17.0 Å². The Bertz CT molecular complexity index is 353. The number of nitrogens with one attached hydrogen (secondary N) is 1. The first-order valence-electron chi connectivity index (χ1n) is 4.95. The molecule has 14 heavy (non-hydrogen) atoms. The average Bonchev–Trinajstić information content (AvgIpc) is 2.86. The lowest BCUT2D eigenvalue weighted by atomic mass is 10.1. The van der Waals surface area contributed by atoms with Crippen molar-refractivity contribution in [2.45, 2.75) is 32.6 Å². The van der Waals surface area contributed by atoms with Crippen molar-refractivity contribution in [1.29, 1.82) is 0 Å². The van der Waals surface area contributed by atoms with Gasteiger partial charge in [0.25, 0.3) is 0 Å². The third-order valence-corrected chi connectivity index (χ3v) is 2.72. The summed E-state index contributed by atoms with van der Waals surface area (Å²) < 4.78 is 0. The zero-order valence-corrected chi connectivity index (χ0v) is 8.21. The van der Waals surface area contributed by atoms with Gasteiger partial charge in [-0.3, -0.25) is 5.10 Å². The molecule has 4 heteroatoms. The minimum Gasteiger partial charge on any atom is -0.478 e.